The van der Waals surface area contributed by atoms with E-state index in [1.54, 1.807) is 24.3 Å². The van der Waals surface area contributed by atoms with Crippen LogP contribution in [0.25, 0.3) is 0 Å². The lowest BCUT2D eigenvalue weighted by Gasteiger charge is -1.94. The van der Waals surface area contributed by atoms with Crippen molar-refractivity contribution >= 4 is 0 Å². The predicted octanol–water partition coefficient (Wildman–Crippen LogP) is 1.86. The molecule has 0 heterocycles. The summed E-state index contributed by atoms with van der Waals surface area (Å²) in [5.41, 5.74) is 10.6. The lowest BCUT2D eigenvalue weighted by atomic mass is 10.2. The van der Waals surface area contributed by atoms with Gasteiger partial charge in [0.15, 0.2) is 0 Å². The van der Waals surface area contributed by atoms with E-state index in [2.05, 4.69) is 0 Å². The lowest BCUT2D eigenvalue weighted by molar-refractivity contribution is 0.475. The molecule has 0 unspecified atom stereocenters. The molecule has 5 N–H and O–H groups in total. The first kappa shape index (κ1) is 13.9. The number of aromatic hydroxyl groups is 1. The molecule has 3 heteroatoms. The number of phenols is 1. The van der Waals surface area contributed by atoms with E-state index in [1.165, 1.54) is 12.8 Å². The molecule has 0 aromatic heterocycles. The van der Waals surface area contributed by atoms with Crippen LogP contribution in [-0.2, 0) is 0 Å². The Balaban J connectivity index is 0.000000262. The average molecular weight is 210 g/mol. The Labute approximate surface area is 92.1 Å². The zero-order valence-corrected chi connectivity index (χ0v) is 9.23. The molecule has 15 heavy (non-hydrogen) atoms. The van der Waals surface area contributed by atoms with Gasteiger partial charge in [-0.3, -0.25) is 0 Å². The Bertz CT molecular complexity index is 208. The molecule has 0 saturated heterocycles. The van der Waals surface area contributed by atoms with Gasteiger partial charge in [-0.2, -0.15) is 0 Å². The van der Waals surface area contributed by atoms with Gasteiger partial charge in [-0.25, -0.2) is 0 Å². The normalized spacial score (nSPS) is 9.20. The minimum absolute atomic E-state index is 0.322. The van der Waals surface area contributed by atoms with Crippen molar-refractivity contribution in [1.29, 1.82) is 0 Å². The van der Waals surface area contributed by atoms with Gasteiger partial charge in [0.25, 0.3) is 0 Å². The summed E-state index contributed by atoms with van der Waals surface area (Å²) in [6, 6.07) is 8.71. The molecule has 1 aromatic rings. The van der Waals surface area contributed by atoms with Crippen LogP contribution < -0.4 is 11.5 Å². The van der Waals surface area contributed by atoms with Gasteiger partial charge in [0.05, 0.1) is 0 Å². The van der Waals surface area contributed by atoms with Crippen molar-refractivity contribution in [2.75, 3.05) is 13.1 Å². The molecule has 0 atom stereocenters. The highest BCUT2D eigenvalue weighted by Gasteiger charge is 1.83. The molecular formula is C12H22N2O. The molecule has 0 amide bonds. The van der Waals surface area contributed by atoms with Crippen molar-refractivity contribution in [3.63, 3.8) is 0 Å². The van der Waals surface area contributed by atoms with Crippen LogP contribution in [0.2, 0.25) is 0 Å². The van der Waals surface area contributed by atoms with Gasteiger partial charge in [-0.1, -0.05) is 31.0 Å². The van der Waals surface area contributed by atoms with E-state index in [1.807, 2.05) is 6.07 Å². The van der Waals surface area contributed by atoms with Gasteiger partial charge in [0.1, 0.15) is 5.75 Å². The topological polar surface area (TPSA) is 72.3 Å². The van der Waals surface area contributed by atoms with E-state index in [4.69, 9.17) is 16.6 Å². The summed E-state index contributed by atoms with van der Waals surface area (Å²) in [6.07, 6.45) is 4.79. The molecule has 86 valence electrons. The Morgan fingerprint density at radius 3 is 1.53 bits per heavy atom. The fraction of sp³-hybridized carbons (Fsp3) is 0.500. The fourth-order valence-electron chi connectivity index (χ4n) is 1.07. The second-order valence-electron chi connectivity index (χ2n) is 3.33. The second kappa shape index (κ2) is 11.0. The summed E-state index contributed by atoms with van der Waals surface area (Å²) in [4.78, 5) is 0. The first-order valence-electron chi connectivity index (χ1n) is 5.45. The van der Waals surface area contributed by atoms with Crippen molar-refractivity contribution in [1.82, 2.24) is 0 Å². The third-order valence-corrected chi connectivity index (χ3v) is 1.91. The Morgan fingerprint density at radius 1 is 0.800 bits per heavy atom. The van der Waals surface area contributed by atoms with E-state index in [-0.39, 0.29) is 0 Å². The maximum atomic E-state index is 8.63. The molecular weight excluding hydrogens is 188 g/mol. The first-order valence-corrected chi connectivity index (χ1v) is 5.45. The van der Waals surface area contributed by atoms with Crippen LogP contribution in [0.5, 0.6) is 5.75 Å². The monoisotopic (exact) mass is 210 g/mol. The van der Waals surface area contributed by atoms with Crippen LogP contribution in [0.4, 0.5) is 0 Å². The van der Waals surface area contributed by atoms with Crippen molar-refractivity contribution in [2.45, 2.75) is 25.7 Å². The Kier molecular flexibility index (Phi) is 10.2. The number of phenolic OH excluding ortho intramolecular Hbond substituents is 1. The van der Waals surface area contributed by atoms with Gasteiger partial charge in [0, 0.05) is 0 Å². The Morgan fingerprint density at radius 2 is 1.27 bits per heavy atom. The molecule has 0 radical (unpaired) electrons. The summed E-state index contributed by atoms with van der Waals surface area (Å²) >= 11 is 0. The van der Waals surface area contributed by atoms with Crippen molar-refractivity contribution in [3.8, 4) is 5.75 Å². The van der Waals surface area contributed by atoms with Gasteiger partial charge in [0.2, 0.25) is 0 Å². The van der Waals surface area contributed by atoms with Crippen molar-refractivity contribution in [3.05, 3.63) is 30.3 Å². The van der Waals surface area contributed by atoms with E-state index < -0.39 is 0 Å². The number of hydrogen-bond acceptors (Lipinski definition) is 3. The quantitative estimate of drug-likeness (QED) is 0.649. The number of para-hydroxylation sites is 1. The summed E-state index contributed by atoms with van der Waals surface area (Å²) in [5.74, 6) is 0.322. The van der Waals surface area contributed by atoms with Gasteiger partial charge >= 0.3 is 0 Å². The van der Waals surface area contributed by atoms with E-state index in [0.717, 1.165) is 25.9 Å². The highest BCUT2D eigenvalue weighted by atomic mass is 16.3. The SMILES string of the molecule is NCCCCCCN.Oc1ccccc1. The smallest absolute Gasteiger partial charge is 0.115 e. The molecule has 1 aromatic carbocycles. The molecule has 0 bridgehead atoms. The fourth-order valence-corrected chi connectivity index (χ4v) is 1.07. The number of unbranched alkanes of at least 4 members (excludes halogenated alkanes) is 3. The zero-order valence-electron chi connectivity index (χ0n) is 9.23. The number of benzene rings is 1. The van der Waals surface area contributed by atoms with Crippen LogP contribution in [0.1, 0.15) is 25.7 Å². The third kappa shape index (κ3) is 10.9. The highest BCUT2D eigenvalue weighted by Crippen LogP contribution is 2.02. The first-order chi connectivity index (χ1) is 7.31. The van der Waals surface area contributed by atoms with Crippen LogP contribution >= 0.6 is 0 Å². The molecule has 1 rings (SSSR count). The van der Waals surface area contributed by atoms with Gasteiger partial charge in [-0.15, -0.1) is 0 Å². The maximum Gasteiger partial charge on any atom is 0.115 e. The molecule has 0 aliphatic heterocycles. The maximum absolute atomic E-state index is 8.63. The Hall–Kier alpha value is -1.06. The largest absolute Gasteiger partial charge is 0.508 e. The number of hydrogen-bond donors (Lipinski definition) is 3. The summed E-state index contributed by atoms with van der Waals surface area (Å²) in [6.45, 7) is 1.65. The van der Waals surface area contributed by atoms with Gasteiger partial charge in [-0.05, 0) is 38.1 Å². The minimum atomic E-state index is 0.322. The van der Waals surface area contributed by atoms with E-state index >= 15 is 0 Å². The lowest BCUT2D eigenvalue weighted by Crippen LogP contribution is -2.00. The number of rotatable bonds is 5. The second-order valence-corrected chi connectivity index (χ2v) is 3.33. The summed E-state index contributed by atoms with van der Waals surface area (Å²) < 4.78 is 0. The van der Waals surface area contributed by atoms with Crippen LogP contribution in [0, 0.1) is 0 Å². The molecule has 0 spiro atoms. The third-order valence-electron chi connectivity index (χ3n) is 1.91. The number of nitrogens with two attached hydrogens (primary N) is 2. The van der Waals surface area contributed by atoms with Crippen molar-refractivity contribution < 1.29 is 5.11 Å². The summed E-state index contributed by atoms with van der Waals surface area (Å²) in [7, 11) is 0. The minimum Gasteiger partial charge on any atom is -0.508 e. The van der Waals surface area contributed by atoms with Crippen LogP contribution in [-0.4, -0.2) is 18.2 Å². The van der Waals surface area contributed by atoms with Crippen LogP contribution in [0.3, 0.4) is 0 Å². The van der Waals surface area contributed by atoms with Crippen molar-refractivity contribution in [2.24, 2.45) is 11.5 Å². The standard InChI is InChI=1S/C6H16N2.C6H6O/c7-5-3-1-2-4-6-8;7-6-4-2-1-3-5-6/h1-8H2;1-5,7H. The highest BCUT2D eigenvalue weighted by molar-refractivity contribution is 5.18. The molecule has 0 saturated carbocycles. The van der Waals surface area contributed by atoms with Gasteiger partial charge < -0.3 is 16.6 Å². The van der Waals surface area contributed by atoms with E-state index in [0.29, 0.717) is 5.75 Å². The average Bonchev–Trinajstić information content (AvgIpc) is 2.27. The van der Waals surface area contributed by atoms with Crippen LogP contribution in [0.15, 0.2) is 30.3 Å². The zero-order chi connectivity index (χ0) is 11.4. The molecule has 0 aliphatic rings. The molecule has 3 nitrogen and oxygen atoms in total. The van der Waals surface area contributed by atoms with E-state index in [9.17, 15) is 0 Å². The molecule has 0 aliphatic carbocycles. The molecule has 0 fully saturated rings. The summed E-state index contributed by atoms with van der Waals surface area (Å²) in [5, 5.41) is 8.63. The predicted molar refractivity (Wildman–Crippen MR) is 64.7 cm³/mol.